The van der Waals surface area contributed by atoms with E-state index in [-0.39, 0.29) is 5.97 Å². The van der Waals surface area contributed by atoms with Crippen LogP contribution in [0.5, 0.6) is 5.75 Å². The fourth-order valence-corrected chi connectivity index (χ4v) is 4.56. The second-order valence-electron chi connectivity index (χ2n) is 5.58. The third kappa shape index (κ3) is 3.56. The number of rotatable bonds is 5. The number of pyridine rings is 1. The van der Waals surface area contributed by atoms with E-state index in [2.05, 4.69) is 15.0 Å². The molecule has 0 spiro atoms. The van der Waals surface area contributed by atoms with Crippen LogP contribution in [0.3, 0.4) is 0 Å². The molecule has 132 valence electrons. The van der Waals surface area contributed by atoms with E-state index in [1.165, 1.54) is 18.9 Å². The van der Waals surface area contributed by atoms with E-state index in [1.807, 2.05) is 30.3 Å². The maximum Gasteiger partial charge on any atom is 0.331 e. The second-order valence-corrected chi connectivity index (χ2v) is 7.62. The molecule has 26 heavy (non-hydrogen) atoms. The van der Waals surface area contributed by atoms with E-state index in [0.717, 1.165) is 31.6 Å². The Hall–Kier alpha value is -2.45. The number of hydrogen-bond acceptors (Lipinski definition) is 8. The molecule has 6 nitrogen and oxygen atoms in total. The van der Waals surface area contributed by atoms with Crippen LogP contribution in [0.25, 0.3) is 10.2 Å². The van der Waals surface area contributed by atoms with E-state index < -0.39 is 6.04 Å². The van der Waals surface area contributed by atoms with Gasteiger partial charge in [0, 0.05) is 18.1 Å². The maximum absolute atomic E-state index is 11.6. The van der Waals surface area contributed by atoms with Gasteiger partial charge in [0.25, 0.3) is 0 Å². The van der Waals surface area contributed by atoms with Crippen LogP contribution in [0, 0.1) is 0 Å². The van der Waals surface area contributed by atoms with Crippen LogP contribution in [0.4, 0.5) is 0 Å². The van der Waals surface area contributed by atoms with Gasteiger partial charge in [0.15, 0.2) is 6.04 Å². The van der Waals surface area contributed by atoms with Gasteiger partial charge in [0.2, 0.25) is 0 Å². The molecule has 3 aromatic rings. The zero-order valence-electron chi connectivity index (χ0n) is 13.9. The van der Waals surface area contributed by atoms with Crippen molar-refractivity contribution in [2.75, 3.05) is 12.9 Å². The molecule has 1 atom stereocenters. The molecule has 0 fully saturated rings. The summed E-state index contributed by atoms with van der Waals surface area (Å²) >= 11 is 3.08. The van der Waals surface area contributed by atoms with Gasteiger partial charge >= 0.3 is 5.97 Å². The van der Waals surface area contributed by atoms with E-state index in [0.29, 0.717) is 12.4 Å². The van der Waals surface area contributed by atoms with Crippen molar-refractivity contribution in [2.24, 2.45) is 4.99 Å². The first-order valence-electron chi connectivity index (χ1n) is 7.94. The molecule has 0 N–H and O–H groups in total. The molecule has 0 amide bonds. The molecule has 4 rings (SSSR count). The minimum Gasteiger partial charge on any atom is -0.489 e. The lowest BCUT2D eigenvalue weighted by Gasteiger charge is -2.05. The number of benzene rings is 1. The number of nitrogens with zero attached hydrogens (tertiary/aromatic N) is 3. The highest BCUT2D eigenvalue weighted by molar-refractivity contribution is 8.15. The summed E-state index contributed by atoms with van der Waals surface area (Å²) in [7, 11) is 1.38. The van der Waals surface area contributed by atoms with Gasteiger partial charge in [-0.05, 0) is 35.9 Å². The molecule has 0 saturated carbocycles. The molecule has 3 heterocycles. The van der Waals surface area contributed by atoms with Crippen LogP contribution in [0.2, 0.25) is 0 Å². The minimum atomic E-state index is -0.439. The average molecular weight is 385 g/mol. The molecule has 1 aliphatic heterocycles. The van der Waals surface area contributed by atoms with Crippen molar-refractivity contribution < 1.29 is 14.3 Å². The average Bonchev–Trinajstić information content (AvgIpc) is 3.33. The van der Waals surface area contributed by atoms with Gasteiger partial charge in [-0.3, -0.25) is 9.98 Å². The highest BCUT2D eigenvalue weighted by Gasteiger charge is 2.27. The topological polar surface area (TPSA) is 73.7 Å². The Morgan fingerprint density at radius 1 is 1.27 bits per heavy atom. The van der Waals surface area contributed by atoms with Crippen molar-refractivity contribution in [3.63, 3.8) is 0 Å². The lowest BCUT2D eigenvalue weighted by Crippen LogP contribution is -2.19. The van der Waals surface area contributed by atoms with Gasteiger partial charge in [-0.2, -0.15) is 0 Å². The summed E-state index contributed by atoms with van der Waals surface area (Å²) in [6.07, 6.45) is 3.50. The van der Waals surface area contributed by atoms with Crippen molar-refractivity contribution in [3.8, 4) is 5.75 Å². The first-order chi connectivity index (χ1) is 12.7. The monoisotopic (exact) mass is 385 g/mol. The minimum absolute atomic E-state index is 0.305. The molecule has 0 radical (unpaired) electrons. The third-order valence-electron chi connectivity index (χ3n) is 3.82. The number of hydrogen-bond donors (Lipinski definition) is 0. The summed E-state index contributed by atoms with van der Waals surface area (Å²) in [4.78, 5) is 24.7. The second kappa shape index (κ2) is 7.43. The Morgan fingerprint density at radius 2 is 2.12 bits per heavy atom. The van der Waals surface area contributed by atoms with Crippen molar-refractivity contribution in [2.45, 2.75) is 12.6 Å². The van der Waals surface area contributed by atoms with Crippen LogP contribution < -0.4 is 4.74 Å². The third-order valence-corrected chi connectivity index (χ3v) is 6.03. The number of ether oxygens (including phenoxy) is 2. The molecule has 0 saturated heterocycles. The van der Waals surface area contributed by atoms with Gasteiger partial charge in [0.1, 0.15) is 22.4 Å². The highest BCUT2D eigenvalue weighted by Crippen LogP contribution is 2.32. The standard InChI is InChI=1S/C18H15N3O3S2/c1-23-18(22)14-10-25-16(21-14)17-20-13-3-2-12(8-15(13)26-17)24-9-11-4-6-19-7-5-11/h2-8,14H,9-10H2,1H3. The molecule has 0 bridgehead atoms. The molecule has 8 heteroatoms. The number of methoxy groups -OCH3 is 1. The molecule has 0 aliphatic carbocycles. The Bertz CT molecular complexity index is 972. The molecule has 1 unspecified atom stereocenters. The van der Waals surface area contributed by atoms with Crippen LogP contribution in [0.15, 0.2) is 47.7 Å². The molecule has 1 aliphatic rings. The number of fused-ring (bicyclic) bond motifs is 1. The normalized spacial score (nSPS) is 16.5. The summed E-state index contributed by atoms with van der Waals surface area (Å²) in [5.74, 6) is 1.08. The summed E-state index contributed by atoms with van der Waals surface area (Å²) in [5, 5.41) is 1.61. The van der Waals surface area contributed by atoms with E-state index >= 15 is 0 Å². The van der Waals surface area contributed by atoms with Crippen molar-refractivity contribution >= 4 is 44.3 Å². The smallest absolute Gasteiger partial charge is 0.331 e. The number of esters is 1. The summed E-state index contributed by atoms with van der Waals surface area (Å²) in [6.45, 7) is 0.489. The van der Waals surface area contributed by atoms with Crippen molar-refractivity contribution in [1.82, 2.24) is 9.97 Å². The lowest BCUT2D eigenvalue weighted by atomic mass is 10.3. The zero-order chi connectivity index (χ0) is 17.9. The summed E-state index contributed by atoms with van der Waals surface area (Å²) in [6, 6.07) is 9.25. The number of aliphatic imine (C=N–C) groups is 1. The van der Waals surface area contributed by atoms with Crippen molar-refractivity contribution in [3.05, 3.63) is 53.3 Å². The van der Waals surface area contributed by atoms with Gasteiger partial charge in [-0.1, -0.05) is 0 Å². The van der Waals surface area contributed by atoms with Gasteiger partial charge in [-0.25, -0.2) is 9.78 Å². The number of thiazole rings is 1. The predicted octanol–water partition coefficient (Wildman–Crippen LogP) is 3.31. The van der Waals surface area contributed by atoms with E-state index in [4.69, 9.17) is 9.47 Å². The first-order valence-corrected chi connectivity index (χ1v) is 9.74. The molecular weight excluding hydrogens is 370 g/mol. The lowest BCUT2D eigenvalue weighted by molar-refractivity contribution is -0.141. The first kappa shape index (κ1) is 17.0. The van der Waals surface area contributed by atoms with Gasteiger partial charge in [0.05, 0.1) is 17.3 Å². The Kier molecular flexibility index (Phi) is 4.85. The quantitative estimate of drug-likeness (QED) is 0.628. The fourth-order valence-electron chi connectivity index (χ4n) is 2.48. The maximum atomic E-state index is 11.6. The number of carbonyl (C=O) groups is 1. The van der Waals surface area contributed by atoms with Crippen molar-refractivity contribution in [1.29, 1.82) is 0 Å². The van der Waals surface area contributed by atoms with Crippen LogP contribution in [0.1, 0.15) is 10.6 Å². The van der Waals surface area contributed by atoms with Crippen LogP contribution in [-0.2, 0) is 16.1 Å². The molecule has 2 aromatic heterocycles. The summed E-state index contributed by atoms with van der Waals surface area (Å²) < 4.78 is 11.6. The van der Waals surface area contributed by atoms with E-state index in [9.17, 15) is 4.79 Å². The number of carbonyl (C=O) groups excluding carboxylic acids is 1. The molecular formula is C18H15N3O3S2. The zero-order valence-corrected chi connectivity index (χ0v) is 15.5. The summed E-state index contributed by atoms with van der Waals surface area (Å²) in [5.41, 5.74) is 1.96. The number of thioether (sulfide) groups is 1. The van der Waals surface area contributed by atoms with Crippen LogP contribution in [-0.4, -0.2) is 39.9 Å². The molecule has 1 aromatic carbocycles. The van der Waals surface area contributed by atoms with Gasteiger partial charge < -0.3 is 9.47 Å². The van der Waals surface area contributed by atoms with Crippen LogP contribution >= 0.6 is 23.1 Å². The SMILES string of the molecule is COC(=O)C1CSC(c2nc3ccc(OCc4ccncc4)cc3s2)=N1. The van der Waals surface area contributed by atoms with Gasteiger partial charge in [-0.15, -0.1) is 23.1 Å². The number of aromatic nitrogens is 2. The Labute approximate surface area is 158 Å². The Balaban J connectivity index is 1.52. The predicted molar refractivity (Wildman–Crippen MR) is 103 cm³/mol. The fraction of sp³-hybridized carbons (Fsp3) is 0.222. The largest absolute Gasteiger partial charge is 0.489 e. The Morgan fingerprint density at radius 3 is 2.92 bits per heavy atom. The van der Waals surface area contributed by atoms with E-state index in [1.54, 1.807) is 23.7 Å². The highest BCUT2D eigenvalue weighted by atomic mass is 32.2.